The van der Waals surface area contributed by atoms with E-state index in [0.29, 0.717) is 12.3 Å². The molecule has 0 bridgehead atoms. The Labute approximate surface area is 147 Å². The fourth-order valence-electron chi connectivity index (χ4n) is 3.34. The largest absolute Gasteiger partial charge is 0.506 e. The third-order valence-corrected chi connectivity index (χ3v) is 4.88. The van der Waals surface area contributed by atoms with Crippen molar-refractivity contribution in [1.82, 2.24) is 9.78 Å². The standard InChI is InChI=1S/C18H25N5O2/c1-13-18(14(2)21(3)20-13)19-17(25)12-22-8-10-23(11-9-22)15-6-4-5-7-16(15)24/h4-7,24H,8-12H2,1-3H3,(H,19,25)/p+1. The number of carbonyl (C=O) groups is 1. The number of nitrogens with one attached hydrogen (secondary N) is 2. The number of hydrogen-bond donors (Lipinski definition) is 3. The Hall–Kier alpha value is -2.54. The Morgan fingerprint density at radius 3 is 2.56 bits per heavy atom. The molecule has 2 heterocycles. The molecule has 0 saturated carbocycles. The van der Waals surface area contributed by atoms with Gasteiger partial charge in [-0.2, -0.15) is 5.10 Å². The lowest BCUT2D eigenvalue weighted by Gasteiger charge is -2.33. The third-order valence-electron chi connectivity index (χ3n) is 4.88. The maximum absolute atomic E-state index is 12.4. The normalized spacial score (nSPS) is 15.4. The number of aryl methyl sites for hydroxylation is 2. The Morgan fingerprint density at radius 1 is 1.28 bits per heavy atom. The van der Waals surface area contributed by atoms with Gasteiger partial charge in [-0.3, -0.25) is 9.48 Å². The second-order valence-corrected chi connectivity index (χ2v) is 6.62. The number of anilines is 2. The van der Waals surface area contributed by atoms with E-state index in [1.54, 1.807) is 10.7 Å². The predicted molar refractivity (Wildman–Crippen MR) is 97.2 cm³/mol. The molecule has 1 fully saturated rings. The fraction of sp³-hybridized carbons (Fsp3) is 0.444. The predicted octanol–water partition coefficient (Wildman–Crippen LogP) is 0.0861. The van der Waals surface area contributed by atoms with Gasteiger partial charge in [-0.15, -0.1) is 0 Å². The molecule has 1 saturated heterocycles. The lowest BCUT2D eigenvalue weighted by molar-refractivity contribution is -0.892. The van der Waals surface area contributed by atoms with Crippen LogP contribution in [0.2, 0.25) is 0 Å². The van der Waals surface area contributed by atoms with Gasteiger partial charge in [0.1, 0.15) is 5.75 Å². The topological polar surface area (TPSA) is 74.8 Å². The molecular formula is C18H26N5O2+. The molecule has 0 spiro atoms. The number of amides is 1. The Balaban J connectivity index is 1.54. The van der Waals surface area contributed by atoms with Crippen molar-refractivity contribution in [3.8, 4) is 5.75 Å². The highest BCUT2D eigenvalue weighted by Gasteiger charge is 2.24. The fourth-order valence-corrected chi connectivity index (χ4v) is 3.34. The smallest absolute Gasteiger partial charge is 0.279 e. The molecule has 2 aromatic rings. The van der Waals surface area contributed by atoms with Crippen LogP contribution in [0.25, 0.3) is 0 Å². The third kappa shape index (κ3) is 3.76. The molecular weight excluding hydrogens is 318 g/mol. The minimum absolute atomic E-state index is 0.0187. The summed E-state index contributed by atoms with van der Waals surface area (Å²) < 4.78 is 1.78. The minimum atomic E-state index is 0.0187. The molecule has 7 heteroatoms. The molecule has 1 aliphatic heterocycles. The van der Waals surface area contributed by atoms with Crippen molar-refractivity contribution >= 4 is 17.3 Å². The molecule has 7 nitrogen and oxygen atoms in total. The van der Waals surface area contributed by atoms with E-state index in [4.69, 9.17) is 0 Å². The molecule has 3 rings (SSSR count). The summed E-state index contributed by atoms with van der Waals surface area (Å²) in [7, 11) is 1.88. The van der Waals surface area contributed by atoms with Gasteiger partial charge in [0.2, 0.25) is 0 Å². The van der Waals surface area contributed by atoms with E-state index in [0.717, 1.165) is 48.9 Å². The van der Waals surface area contributed by atoms with E-state index in [1.807, 2.05) is 39.1 Å². The van der Waals surface area contributed by atoms with Crippen molar-refractivity contribution in [1.29, 1.82) is 0 Å². The molecule has 0 aliphatic carbocycles. The number of rotatable bonds is 4. The average molecular weight is 344 g/mol. The number of phenolic OH excluding ortho intramolecular Hbond substituents is 1. The highest BCUT2D eigenvalue weighted by atomic mass is 16.3. The van der Waals surface area contributed by atoms with E-state index in [9.17, 15) is 9.90 Å². The zero-order valence-electron chi connectivity index (χ0n) is 15.0. The van der Waals surface area contributed by atoms with Crippen molar-refractivity contribution in [2.75, 3.05) is 42.9 Å². The summed E-state index contributed by atoms with van der Waals surface area (Å²) in [4.78, 5) is 15.8. The van der Waals surface area contributed by atoms with Crippen LogP contribution >= 0.6 is 0 Å². The number of carbonyl (C=O) groups excluding carboxylic acids is 1. The quantitative estimate of drug-likeness (QED) is 0.735. The summed E-state index contributed by atoms with van der Waals surface area (Å²) >= 11 is 0. The number of quaternary nitrogens is 1. The van der Waals surface area contributed by atoms with Crippen LogP contribution in [-0.4, -0.2) is 53.5 Å². The zero-order valence-corrected chi connectivity index (χ0v) is 15.0. The molecule has 25 heavy (non-hydrogen) atoms. The highest BCUT2D eigenvalue weighted by Crippen LogP contribution is 2.26. The molecule has 1 aromatic heterocycles. The second-order valence-electron chi connectivity index (χ2n) is 6.62. The number of hydrogen-bond acceptors (Lipinski definition) is 4. The first kappa shape index (κ1) is 17.3. The van der Waals surface area contributed by atoms with Gasteiger partial charge < -0.3 is 20.2 Å². The maximum Gasteiger partial charge on any atom is 0.279 e. The van der Waals surface area contributed by atoms with Crippen molar-refractivity contribution in [2.45, 2.75) is 13.8 Å². The van der Waals surface area contributed by atoms with E-state index < -0.39 is 0 Å². The lowest BCUT2D eigenvalue weighted by Crippen LogP contribution is -3.15. The van der Waals surface area contributed by atoms with Gasteiger partial charge in [-0.05, 0) is 26.0 Å². The van der Waals surface area contributed by atoms with Crippen molar-refractivity contribution in [3.05, 3.63) is 35.7 Å². The first-order chi connectivity index (χ1) is 12.0. The maximum atomic E-state index is 12.4. The van der Waals surface area contributed by atoms with Gasteiger partial charge in [-0.25, -0.2) is 0 Å². The van der Waals surface area contributed by atoms with Gasteiger partial charge in [-0.1, -0.05) is 12.1 Å². The van der Waals surface area contributed by atoms with Crippen LogP contribution in [0.3, 0.4) is 0 Å². The summed E-state index contributed by atoms with van der Waals surface area (Å²) in [6.45, 7) is 7.69. The summed E-state index contributed by atoms with van der Waals surface area (Å²) in [6.07, 6.45) is 0. The molecule has 1 amide bonds. The van der Waals surface area contributed by atoms with Gasteiger partial charge in [0, 0.05) is 7.05 Å². The first-order valence-corrected chi connectivity index (χ1v) is 8.62. The van der Waals surface area contributed by atoms with E-state index in [-0.39, 0.29) is 5.91 Å². The Morgan fingerprint density at radius 2 is 1.96 bits per heavy atom. The number of aromatic nitrogens is 2. The molecule has 0 radical (unpaired) electrons. The molecule has 0 unspecified atom stereocenters. The molecule has 1 aromatic carbocycles. The average Bonchev–Trinajstić information content (AvgIpc) is 2.82. The van der Waals surface area contributed by atoms with Crippen LogP contribution < -0.4 is 15.1 Å². The number of phenols is 1. The van der Waals surface area contributed by atoms with E-state index in [1.165, 1.54) is 4.90 Å². The lowest BCUT2D eigenvalue weighted by atomic mass is 10.2. The zero-order chi connectivity index (χ0) is 18.0. The van der Waals surface area contributed by atoms with Crippen LogP contribution in [-0.2, 0) is 11.8 Å². The summed E-state index contributed by atoms with van der Waals surface area (Å²) in [5, 5.41) is 17.3. The van der Waals surface area contributed by atoms with E-state index in [2.05, 4.69) is 15.3 Å². The monoisotopic (exact) mass is 344 g/mol. The van der Waals surface area contributed by atoms with Crippen LogP contribution in [0, 0.1) is 13.8 Å². The van der Waals surface area contributed by atoms with E-state index >= 15 is 0 Å². The van der Waals surface area contributed by atoms with Crippen molar-refractivity contribution < 1.29 is 14.8 Å². The molecule has 1 aliphatic rings. The van der Waals surface area contributed by atoms with Crippen LogP contribution in [0.4, 0.5) is 11.4 Å². The van der Waals surface area contributed by atoms with Gasteiger partial charge in [0.05, 0.1) is 48.9 Å². The first-order valence-electron chi connectivity index (χ1n) is 8.62. The van der Waals surface area contributed by atoms with Crippen molar-refractivity contribution in [3.63, 3.8) is 0 Å². The Kier molecular flexibility index (Phi) is 4.94. The molecule has 134 valence electrons. The van der Waals surface area contributed by atoms with Crippen LogP contribution in [0.15, 0.2) is 24.3 Å². The van der Waals surface area contributed by atoms with Gasteiger partial charge in [0.25, 0.3) is 5.91 Å². The van der Waals surface area contributed by atoms with Gasteiger partial charge >= 0.3 is 0 Å². The highest BCUT2D eigenvalue weighted by molar-refractivity contribution is 5.92. The number of nitrogens with zero attached hydrogens (tertiary/aromatic N) is 3. The summed E-state index contributed by atoms with van der Waals surface area (Å²) in [6, 6.07) is 7.40. The molecule has 3 N–H and O–H groups in total. The number of benzene rings is 1. The molecule has 0 atom stereocenters. The SMILES string of the molecule is Cc1nn(C)c(C)c1NC(=O)C[NH+]1CCN(c2ccccc2O)CC1. The number of para-hydroxylation sites is 2. The van der Waals surface area contributed by atoms with Gasteiger partial charge in [0.15, 0.2) is 6.54 Å². The Bertz CT molecular complexity index is 763. The summed E-state index contributed by atoms with van der Waals surface area (Å²) in [5.41, 5.74) is 3.49. The summed E-state index contributed by atoms with van der Waals surface area (Å²) in [5.74, 6) is 0.330. The van der Waals surface area contributed by atoms with Crippen LogP contribution in [0.1, 0.15) is 11.4 Å². The number of piperazine rings is 1. The van der Waals surface area contributed by atoms with Crippen molar-refractivity contribution in [2.24, 2.45) is 7.05 Å². The number of aromatic hydroxyl groups is 1. The van der Waals surface area contributed by atoms with Crippen LogP contribution in [0.5, 0.6) is 5.75 Å². The minimum Gasteiger partial charge on any atom is -0.506 e. The second kappa shape index (κ2) is 7.14.